The summed E-state index contributed by atoms with van der Waals surface area (Å²) in [7, 11) is 0. The van der Waals surface area contributed by atoms with E-state index in [0.717, 1.165) is 37.9 Å². The number of carbonyl (C=O) groups is 4. The van der Waals surface area contributed by atoms with Gasteiger partial charge < -0.3 is 10.1 Å². The number of aryl methyl sites for hydroxylation is 2. The molecule has 0 radical (unpaired) electrons. The fourth-order valence-electron chi connectivity index (χ4n) is 7.11. The third kappa shape index (κ3) is 4.31. The Morgan fingerprint density at radius 3 is 1.70 bits per heavy atom. The van der Waals surface area contributed by atoms with Crippen LogP contribution in [0.15, 0.2) is 89.4 Å². The van der Waals surface area contributed by atoms with Crippen LogP contribution in [0.1, 0.15) is 55.6 Å². The molecule has 3 aliphatic carbocycles. The van der Waals surface area contributed by atoms with Crippen LogP contribution in [0.25, 0.3) is 0 Å². The smallest absolute Gasteiger partial charge is 0.338 e. The van der Waals surface area contributed by atoms with Gasteiger partial charge in [0.05, 0.1) is 23.1 Å². The first-order chi connectivity index (χ1) is 20.7. The van der Waals surface area contributed by atoms with Gasteiger partial charge in [-0.2, -0.15) is 0 Å². The van der Waals surface area contributed by atoms with Crippen LogP contribution in [0.4, 0.5) is 11.4 Å². The van der Waals surface area contributed by atoms with Gasteiger partial charge in [0.25, 0.3) is 5.91 Å². The number of hydrogen-bond acceptors (Lipinski definition) is 5. The third-order valence-electron chi connectivity index (χ3n) is 8.86. The summed E-state index contributed by atoms with van der Waals surface area (Å²) >= 11 is 3.50. The van der Waals surface area contributed by atoms with E-state index in [1.807, 2.05) is 50.2 Å². The largest absolute Gasteiger partial charge is 0.452 e. The Balaban J connectivity index is 1.07. The van der Waals surface area contributed by atoms with Crippen LogP contribution in [0.5, 0.6) is 0 Å². The number of anilines is 2. The second kappa shape index (κ2) is 10.3. The van der Waals surface area contributed by atoms with Crippen molar-refractivity contribution in [3.8, 4) is 0 Å². The van der Waals surface area contributed by atoms with Gasteiger partial charge in [0.1, 0.15) is 0 Å². The van der Waals surface area contributed by atoms with Crippen molar-refractivity contribution in [2.24, 2.45) is 11.8 Å². The Hall–Kier alpha value is -4.56. The zero-order chi connectivity index (χ0) is 30.0. The minimum Gasteiger partial charge on any atom is -0.452 e. The van der Waals surface area contributed by atoms with E-state index < -0.39 is 30.3 Å². The molecule has 4 aliphatic rings. The maximum atomic E-state index is 13.9. The summed E-state index contributed by atoms with van der Waals surface area (Å²) in [4.78, 5) is 54.3. The normalized spacial score (nSPS) is 21.2. The molecule has 1 aliphatic heterocycles. The monoisotopic (exact) mass is 634 g/mol. The minimum absolute atomic E-state index is 0.186. The number of imide groups is 1. The van der Waals surface area contributed by atoms with Crippen LogP contribution in [-0.2, 0) is 19.1 Å². The van der Waals surface area contributed by atoms with E-state index in [9.17, 15) is 19.2 Å². The van der Waals surface area contributed by atoms with Crippen molar-refractivity contribution in [1.29, 1.82) is 0 Å². The summed E-state index contributed by atoms with van der Waals surface area (Å²) in [5.74, 6) is -2.92. The molecule has 1 fully saturated rings. The molecule has 0 spiro atoms. The lowest BCUT2D eigenvalue weighted by Gasteiger charge is -2.45. The van der Waals surface area contributed by atoms with Gasteiger partial charge in [0.15, 0.2) is 6.61 Å². The molecule has 1 N–H and O–H groups in total. The van der Waals surface area contributed by atoms with Gasteiger partial charge in [0, 0.05) is 22.0 Å². The molecule has 4 aromatic carbocycles. The Labute approximate surface area is 257 Å². The molecule has 0 aromatic heterocycles. The molecule has 0 unspecified atom stereocenters. The van der Waals surface area contributed by atoms with E-state index >= 15 is 0 Å². The Bertz CT molecular complexity index is 1710. The van der Waals surface area contributed by atoms with Gasteiger partial charge >= 0.3 is 5.97 Å². The Morgan fingerprint density at radius 2 is 1.23 bits per heavy atom. The van der Waals surface area contributed by atoms with Crippen LogP contribution >= 0.6 is 15.9 Å². The van der Waals surface area contributed by atoms with Gasteiger partial charge in [-0.05, 0) is 83.6 Å². The molecule has 2 bridgehead atoms. The van der Waals surface area contributed by atoms with Crippen LogP contribution < -0.4 is 10.2 Å². The molecule has 3 amide bonds. The molecule has 1 saturated heterocycles. The molecular weight excluding hydrogens is 608 g/mol. The average molecular weight is 636 g/mol. The highest BCUT2D eigenvalue weighted by molar-refractivity contribution is 9.10. The molecule has 0 saturated carbocycles. The summed E-state index contributed by atoms with van der Waals surface area (Å²) in [6.45, 7) is 3.40. The van der Waals surface area contributed by atoms with Crippen molar-refractivity contribution in [3.63, 3.8) is 0 Å². The van der Waals surface area contributed by atoms with E-state index in [-0.39, 0.29) is 29.2 Å². The van der Waals surface area contributed by atoms with Crippen molar-refractivity contribution in [1.82, 2.24) is 0 Å². The molecule has 43 heavy (non-hydrogen) atoms. The van der Waals surface area contributed by atoms with E-state index in [1.165, 1.54) is 17.0 Å². The number of nitrogens with zero attached hydrogens (tertiary/aromatic N) is 1. The molecule has 4 aromatic rings. The second-order valence-electron chi connectivity index (χ2n) is 11.4. The molecule has 1 heterocycles. The Kier molecular flexibility index (Phi) is 6.54. The van der Waals surface area contributed by atoms with E-state index in [0.29, 0.717) is 11.4 Å². The fourth-order valence-corrected chi connectivity index (χ4v) is 7.34. The first-order valence-electron chi connectivity index (χ1n) is 14.1. The number of carbonyl (C=O) groups excluding carboxylic acids is 4. The molecule has 8 heteroatoms. The summed E-state index contributed by atoms with van der Waals surface area (Å²) in [5.41, 5.74) is 7.64. The van der Waals surface area contributed by atoms with E-state index in [2.05, 4.69) is 45.5 Å². The van der Waals surface area contributed by atoms with Crippen molar-refractivity contribution in [2.45, 2.75) is 25.7 Å². The first-order valence-corrected chi connectivity index (χ1v) is 14.9. The van der Waals surface area contributed by atoms with Crippen molar-refractivity contribution < 1.29 is 23.9 Å². The number of hydrogen-bond donors (Lipinski definition) is 1. The van der Waals surface area contributed by atoms with Gasteiger partial charge in [-0.25, -0.2) is 9.69 Å². The predicted molar refractivity (Wildman–Crippen MR) is 165 cm³/mol. The third-order valence-corrected chi connectivity index (χ3v) is 10.1. The SMILES string of the molecule is Cc1cc(NC(=O)COC(=O)c2ccc(N3C(=O)[C@@H]4C5c6ccccc6C(c6ccccc65)[C@H]4C3=O)cc2)cc(C)c1Br. The number of rotatable bonds is 5. The molecular formula is C35H27BrN2O5. The number of nitrogens with one attached hydrogen (secondary N) is 1. The number of ether oxygens (including phenoxy) is 1. The van der Waals surface area contributed by atoms with Gasteiger partial charge in [-0.3, -0.25) is 14.4 Å². The molecule has 8 rings (SSSR count). The van der Waals surface area contributed by atoms with Crippen molar-refractivity contribution >= 4 is 51.0 Å². The highest BCUT2D eigenvalue weighted by atomic mass is 79.9. The summed E-state index contributed by atoms with van der Waals surface area (Å²) in [5, 5.41) is 2.74. The molecule has 214 valence electrons. The van der Waals surface area contributed by atoms with Gasteiger partial charge in [-0.15, -0.1) is 0 Å². The number of benzene rings is 4. The second-order valence-corrected chi connectivity index (χ2v) is 12.2. The standard InChI is InChI=1S/C35H27BrN2O5/c1-18-15-21(16-19(2)32(18)36)37-27(39)17-43-35(42)20-11-13-22(14-12-20)38-33(40)30-28-23-7-3-4-8-24(23)29(31(30)34(38)41)26-10-6-5-9-25(26)28/h3-16,28-31H,17H2,1-2H3,(H,37,39)/t28?,29?,30-,31-/m1/s1. The fraction of sp³-hybridized carbons (Fsp3) is 0.200. The molecule has 2 atom stereocenters. The maximum Gasteiger partial charge on any atom is 0.338 e. The van der Waals surface area contributed by atoms with Gasteiger partial charge in [-0.1, -0.05) is 64.5 Å². The lowest BCUT2D eigenvalue weighted by Crippen LogP contribution is -2.41. The van der Waals surface area contributed by atoms with Crippen molar-refractivity contribution in [2.75, 3.05) is 16.8 Å². The van der Waals surface area contributed by atoms with E-state index in [4.69, 9.17) is 4.74 Å². The summed E-state index contributed by atoms with van der Waals surface area (Å²) in [6.07, 6.45) is 0. The minimum atomic E-state index is -0.679. The first kappa shape index (κ1) is 27.3. The van der Waals surface area contributed by atoms with Crippen LogP contribution in [0, 0.1) is 25.7 Å². The van der Waals surface area contributed by atoms with Gasteiger partial charge in [0.2, 0.25) is 11.8 Å². The quantitative estimate of drug-likeness (QED) is 0.207. The zero-order valence-corrected chi connectivity index (χ0v) is 25.1. The average Bonchev–Trinajstić information content (AvgIpc) is 3.28. The van der Waals surface area contributed by atoms with Crippen LogP contribution in [0.3, 0.4) is 0 Å². The zero-order valence-electron chi connectivity index (χ0n) is 23.5. The number of esters is 1. The van der Waals surface area contributed by atoms with Crippen LogP contribution in [-0.4, -0.2) is 30.3 Å². The lowest BCUT2D eigenvalue weighted by atomic mass is 9.55. The maximum absolute atomic E-state index is 13.9. The molecule has 7 nitrogen and oxygen atoms in total. The highest BCUT2D eigenvalue weighted by Crippen LogP contribution is 2.61. The summed E-state index contributed by atoms with van der Waals surface area (Å²) in [6, 6.07) is 26.1. The Morgan fingerprint density at radius 1 is 0.767 bits per heavy atom. The van der Waals surface area contributed by atoms with E-state index in [1.54, 1.807) is 12.1 Å². The summed E-state index contributed by atoms with van der Waals surface area (Å²) < 4.78 is 6.20. The predicted octanol–water partition coefficient (Wildman–Crippen LogP) is 6.26. The number of halogens is 1. The topological polar surface area (TPSA) is 92.8 Å². The number of amides is 3. The van der Waals surface area contributed by atoms with Crippen LogP contribution in [0.2, 0.25) is 0 Å². The highest BCUT2D eigenvalue weighted by Gasteiger charge is 2.61. The van der Waals surface area contributed by atoms with Crippen molar-refractivity contribution in [3.05, 3.63) is 128 Å². The lowest BCUT2D eigenvalue weighted by molar-refractivity contribution is -0.122.